The second-order valence-corrected chi connectivity index (χ2v) is 7.18. The monoisotopic (exact) mass is 422 g/mol. The number of hydrogen-bond acceptors (Lipinski definition) is 4. The van der Waals surface area contributed by atoms with Crippen molar-refractivity contribution in [2.24, 2.45) is 0 Å². The molecule has 1 atom stereocenters. The Balaban J connectivity index is 1.68. The average Bonchev–Trinajstić information content (AvgIpc) is 2.69. The van der Waals surface area contributed by atoms with Gasteiger partial charge in [0.15, 0.2) is 6.61 Å². The Labute approximate surface area is 173 Å². The number of piperazine rings is 1. The number of hydrogen-bond donors (Lipinski definition) is 0. The molecule has 2 amide bonds. The Kier molecular flexibility index (Phi) is 6.31. The normalized spacial score (nSPS) is 16.9. The highest BCUT2D eigenvalue weighted by Crippen LogP contribution is 2.33. The number of methoxy groups -OCH3 is 1. The van der Waals surface area contributed by atoms with Crippen LogP contribution in [0.2, 0.25) is 10.0 Å². The van der Waals surface area contributed by atoms with Crippen molar-refractivity contribution in [3.8, 4) is 11.5 Å². The predicted molar refractivity (Wildman–Crippen MR) is 108 cm³/mol. The maximum Gasteiger partial charge on any atom is 0.261 e. The number of halogens is 2. The van der Waals surface area contributed by atoms with Gasteiger partial charge in [0.25, 0.3) is 5.91 Å². The molecule has 0 N–H and O–H groups in total. The second-order valence-electron chi connectivity index (χ2n) is 6.31. The van der Waals surface area contributed by atoms with Crippen molar-refractivity contribution >= 4 is 40.7 Å². The zero-order chi connectivity index (χ0) is 20.3. The number of carbonyl (C=O) groups is 2. The van der Waals surface area contributed by atoms with Crippen molar-refractivity contribution in [2.75, 3.05) is 31.7 Å². The Morgan fingerprint density at radius 3 is 2.46 bits per heavy atom. The molecule has 0 radical (unpaired) electrons. The molecule has 6 nitrogen and oxygen atoms in total. The molecule has 0 unspecified atom stereocenters. The van der Waals surface area contributed by atoms with Crippen molar-refractivity contribution in [3.05, 3.63) is 52.5 Å². The summed E-state index contributed by atoms with van der Waals surface area (Å²) in [5, 5.41) is 1.09. The molecule has 1 aliphatic rings. The van der Waals surface area contributed by atoms with E-state index in [1.165, 1.54) is 12.0 Å². The SMILES string of the molecule is COc1ccc(Cl)cc1N1CCN(C(=O)COc2ccc(Cl)cc2)[C@@H](C)C1=O. The fourth-order valence-corrected chi connectivity index (χ4v) is 3.38. The molecule has 1 saturated heterocycles. The van der Waals surface area contributed by atoms with Gasteiger partial charge in [0, 0.05) is 23.1 Å². The zero-order valence-corrected chi connectivity index (χ0v) is 17.0. The number of nitrogens with zero attached hydrogens (tertiary/aromatic N) is 2. The van der Waals surface area contributed by atoms with Gasteiger partial charge in [-0.05, 0) is 49.4 Å². The van der Waals surface area contributed by atoms with Crippen LogP contribution >= 0.6 is 23.2 Å². The Morgan fingerprint density at radius 2 is 1.79 bits per heavy atom. The van der Waals surface area contributed by atoms with Crippen LogP contribution in [-0.4, -0.2) is 49.6 Å². The molecule has 0 saturated carbocycles. The Hall–Kier alpha value is -2.44. The lowest BCUT2D eigenvalue weighted by Crippen LogP contribution is -2.58. The lowest BCUT2D eigenvalue weighted by Gasteiger charge is -2.39. The number of anilines is 1. The first-order valence-electron chi connectivity index (χ1n) is 8.73. The molecule has 2 aromatic carbocycles. The van der Waals surface area contributed by atoms with E-state index in [0.717, 1.165) is 0 Å². The standard InChI is InChI=1S/C20H20Cl2N2O4/c1-13-20(26)24(17-11-15(22)5-8-18(17)27-2)10-9-23(13)19(25)12-28-16-6-3-14(21)4-7-16/h3-8,11,13H,9-10,12H2,1-2H3/t13-/m0/s1. The van der Waals surface area contributed by atoms with E-state index >= 15 is 0 Å². The Bertz CT molecular complexity index is 873. The van der Waals surface area contributed by atoms with Crippen LogP contribution in [0, 0.1) is 0 Å². The molecule has 148 valence electrons. The van der Waals surface area contributed by atoms with Crippen LogP contribution < -0.4 is 14.4 Å². The molecular formula is C20H20Cl2N2O4. The van der Waals surface area contributed by atoms with E-state index in [1.54, 1.807) is 54.3 Å². The minimum atomic E-state index is -0.626. The third-order valence-electron chi connectivity index (χ3n) is 4.58. The molecule has 8 heteroatoms. The van der Waals surface area contributed by atoms with E-state index in [0.29, 0.717) is 40.3 Å². The van der Waals surface area contributed by atoms with Crippen molar-refractivity contribution in [2.45, 2.75) is 13.0 Å². The second kappa shape index (κ2) is 8.71. The van der Waals surface area contributed by atoms with Crippen LogP contribution in [0.25, 0.3) is 0 Å². The summed E-state index contributed by atoms with van der Waals surface area (Å²) in [6.45, 7) is 2.27. The highest BCUT2D eigenvalue weighted by Gasteiger charge is 2.36. The average molecular weight is 423 g/mol. The van der Waals surface area contributed by atoms with Crippen molar-refractivity contribution in [1.29, 1.82) is 0 Å². The van der Waals surface area contributed by atoms with Crippen LogP contribution in [0.4, 0.5) is 5.69 Å². The van der Waals surface area contributed by atoms with E-state index in [-0.39, 0.29) is 18.4 Å². The molecule has 0 aliphatic carbocycles. The lowest BCUT2D eigenvalue weighted by molar-refractivity contribution is -0.142. The quantitative estimate of drug-likeness (QED) is 0.737. The van der Waals surface area contributed by atoms with Gasteiger partial charge in [0.1, 0.15) is 17.5 Å². The van der Waals surface area contributed by atoms with Gasteiger partial charge in [-0.3, -0.25) is 9.59 Å². The lowest BCUT2D eigenvalue weighted by atomic mass is 10.1. The van der Waals surface area contributed by atoms with Crippen molar-refractivity contribution in [3.63, 3.8) is 0 Å². The summed E-state index contributed by atoms with van der Waals surface area (Å²) in [7, 11) is 1.54. The first-order valence-corrected chi connectivity index (χ1v) is 9.49. The van der Waals surface area contributed by atoms with Gasteiger partial charge in [-0.2, -0.15) is 0 Å². The van der Waals surface area contributed by atoms with Gasteiger partial charge in [-0.15, -0.1) is 0 Å². The summed E-state index contributed by atoms with van der Waals surface area (Å²) in [5.41, 5.74) is 0.594. The topological polar surface area (TPSA) is 59.1 Å². The summed E-state index contributed by atoms with van der Waals surface area (Å²) in [5.74, 6) is 0.634. The van der Waals surface area contributed by atoms with Crippen LogP contribution in [0.5, 0.6) is 11.5 Å². The van der Waals surface area contributed by atoms with Crippen molar-refractivity contribution in [1.82, 2.24) is 4.90 Å². The predicted octanol–water partition coefficient (Wildman–Crippen LogP) is 3.64. The first kappa shape index (κ1) is 20.3. The van der Waals surface area contributed by atoms with E-state index in [1.807, 2.05) is 0 Å². The summed E-state index contributed by atoms with van der Waals surface area (Å²) in [4.78, 5) is 28.6. The van der Waals surface area contributed by atoms with Gasteiger partial charge in [-0.25, -0.2) is 0 Å². The van der Waals surface area contributed by atoms with Gasteiger partial charge in [0.05, 0.1) is 12.8 Å². The molecule has 28 heavy (non-hydrogen) atoms. The molecule has 1 aliphatic heterocycles. The minimum Gasteiger partial charge on any atom is -0.495 e. The number of carbonyl (C=O) groups excluding carboxylic acids is 2. The molecule has 0 bridgehead atoms. The van der Waals surface area contributed by atoms with Crippen LogP contribution in [0.1, 0.15) is 6.92 Å². The van der Waals surface area contributed by atoms with Gasteiger partial charge in [-0.1, -0.05) is 23.2 Å². The van der Waals surface area contributed by atoms with Gasteiger partial charge in [0.2, 0.25) is 5.91 Å². The summed E-state index contributed by atoms with van der Waals surface area (Å²) >= 11 is 11.9. The molecule has 1 heterocycles. The molecule has 0 aromatic heterocycles. The molecule has 1 fully saturated rings. The van der Waals surface area contributed by atoms with Crippen LogP contribution in [0.15, 0.2) is 42.5 Å². The number of benzene rings is 2. The fraction of sp³-hybridized carbons (Fsp3) is 0.300. The van der Waals surface area contributed by atoms with E-state index in [4.69, 9.17) is 32.7 Å². The maximum absolute atomic E-state index is 12.9. The third kappa shape index (κ3) is 4.34. The maximum atomic E-state index is 12.9. The van der Waals surface area contributed by atoms with Crippen molar-refractivity contribution < 1.29 is 19.1 Å². The molecule has 2 aromatic rings. The molecular weight excluding hydrogens is 403 g/mol. The smallest absolute Gasteiger partial charge is 0.261 e. The van der Waals surface area contributed by atoms with E-state index in [2.05, 4.69) is 0 Å². The van der Waals surface area contributed by atoms with Crippen LogP contribution in [0.3, 0.4) is 0 Å². The summed E-state index contributed by atoms with van der Waals surface area (Å²) in [6, 6.07) is 11.2. The highest BCUT2D eigenvalue weighted by atomic mass is 35.5. The molecule has 3 rings (SSSR count). The Morgan fingerprint density at radius 1 is 1.11 bits per heavy atom. The number of rotatable bonds is 5. The third-order valence-corrected chi connectivity index (χ3v) is 5.07. The summed E-state index contributed by atoms with van der Waals surface area (Å²) < 4.78 is 10.9. The first-order chi connectivity index (χ1) is 13.4. The minimum absolute atomic E-state index is 0.153. The summed E-state index contributed by atoms with van der Waals surface area (Å²) in [6.07, 6.45) is 0. The van der Waals surface area contributed by atoms with E-state index in [9.17, 15) is 9.59 Å². The molecule has 0 spiro atoms. The largest absolute Gasteiger partial charge is 0.495 e. The number of amides is 2. The zero-order valence-electron chi connectivity index (χ0n) is 15.5. The number of ether oxygens (including phenoxy) is 2. The van der Waals surface area contributed by atoms with Gasteiger partial charge >= 0.3 is 0 Å². The fourth-order valence-electron chi connectivity index (χ4n) is 3.08. The van der Waals surface area contributed by atoms with E-state index < -0.39 is 6.04 Å². The van der Waals surface area contributed by atoms with Gasteiger partial charge < -0.3 is 19.3 Å². The highest BCUT2D eigenvalue weighted by molar-refractivity contribution is 6.31. The van der Waals surface area contributed by atoms with Crippen LogP contribution in [-0.2, 0) is 9.59 Å².